The number of carbonyl (C=O) groups excluding carboxylic acids is 3. The fourth-order valence-corrected chi connectivity index (χ4v) is 7.27. The van der Waals surface area contributed by atoms with Gasteiger partial charge in [0, 0.05) is 37.8 Å². The second-order valence-corrected chi connectivity index (χ2v) is 13.5. The van der Waals surface area contributed by atoms with Crippen LogP contribution in [0.15, 0.2) is 0 Å². The van der Waals surface area contributed by atoms with E-state index in [0.29, 0.717) is 12.3 Å². The molecule has 3 N–H and O–H groups in total. The lowest BCUT2D eigenvalue weighted by molar-refractivity contribution is -0.282. The smallest absolute Gasteiger partial charge is 0.407 e. The maximum absolute atomic E-state index is 13.5. The number of ether oxygens (including phenoxy) is 5. The molecule has 3 aliphatic heterocycles. The third-order valence-corrected chi connectivity index (χ3v) is 9.74. The lowest BCUT2D eigenvalue weighted by atomic mass is 9.81. The van der Waals surface area contributed by atoms with Gasteiger partial charge in [-0.2, -0.15) is 0 Å². The summed E-state index contributed by atoms with van der Waals surface area (Å²) in [6, 6.07) is -0.936. The molecule has 42 heavy (non-hydrogen) atoms. The van der Waals surface area contributed by atoms with Gasteiger partial charge in [-0.1, -0.05) is 34.6 Å². The van der Waals surface area contributed by atoms with Crippen LogP contribution in [0.2, 0.25) is 0 Å². The zero-order valence-corrected chi connectivity index (χ0v) is 27.2. The number of cyclic esters (lactones) is 1. The Labute approximate surface area is 251 Å². The first-order valence-electron chi connectivity index (χ1n) is 15.6. The summed E-state index contributed by atoms with van der Waals surface area (Å²) in [6.07, 6.45) is -2.26. The van der Waals surface area contributed by atoms with Gasteiger partial charge in [0.1, 0.15) is 18.0 Å². The number of nitrogens with one attached hydrogen (secondary N) is 1. The van der Waals surface area contributed by atoms with Crippen LogP contribution in [0.5, 0.6) is 0 Å². The third-order valence-electron chi connectivity index (χ3n) is 9.74. The molecule has 5 unspecified atom stereocenters. The zero-order chi connectivity index (χ0) is 31.5. The molecule has 3 heterocycles. The van der Waals surface area contributed by atoms with Crippen molar-refractivity contribution < 1.29 is 38.1 Å². The summed E-state index contributed by atoms with van der Waals surface area (Å²) >= 11 is 0. The second-order valence-electron chi connectivity index (χ2n) is 13.5. The van der Waals surface area contributed by atoms with E-state index >= 15 is 0 Å². The quantitative estimate of drug-likeness (QED) is 0.465. The van der Waals surface area contributed by atoms with Crippen molar-refractivity contribution in [1.29, 1.82) is 0 Å². The number of nitrogens with two attached hydrogens (primary N) is 1. The summed E-state index contributed by atoms with van der Waals surface area (Å²) in [5, 5.41) is 2.72. The van der Waals surface area contributed by atoms with E-state index in [1.54, 1.807) is 14.0 Å². The molecule has 11 nitrogen and oxygen atoms in total. The summed E-state index contributed by atoms with van der Waals surface area (Å²) in [4.78, 5) is 41.0. The average molecular weight is 598 g/mol. The number of rotatable bonds is 4. The molecule has 14 atom stereocenters. The molecule has 0 aromatic rings. The molecule has 2 bridgehead atoms. The van der Waals surface area contributed by atoms with Crippen molar-refractivity contribution in [1.82, 2.24) is 10.2 Å². The van der Waals surface area contributed by atoms with Crippen molar-refractivity contribution in [3.8, 4) is 0 Å². The van der Waals surface area contributed by atoms with E-state index in [-0.39, 0.29) is 66.8 Å². The van der Waals surface area contributed by atoms with Crippen LogP contribution in [0.4, 0.5) is 4.79 Å². The van der Waals surface area contributed by atoms with E-state index < -0.39 is 48.9 Å². The number of hydrogen-bond donors (Lipinski definition) is 2. The fourth-order valence-electron chi connectivity index (χ4n) is 7.27. The number of amides is 1. The number of Topliss-reactive ketones (excluding diaryl/α,β-unsaturated/α-hetero) is 1. The fraction of sp³-hybridized carbons (Fsp3) is 0.903. The Bertz CT molecular complexity index is 934. The van der Waals surface area contributed by atoms with Crippen molar-refractivity contribution in [3.63, 3.8) is 0 Å². The van der Waals surface area contributed by atoms with Crippen LogP contribution in [-0.4, -0.2) is 98.9 Å². The summed E-state index contributed by atoms with van der Waals surface area (Å²) < 4.78 is 30.5. The van der Waals surface area contributed by atoms with Crippen LogP contribution in [0.3, 0.4) is 0 Å². The number of ketones is 1. The van der Waals surface area contributed by atoms with E-state index in [2.05, 4.69) is 52.0 Å². The predicted molar refractivity (Wildman–Crippen MR) is 157 cm³/mol. The maximum atomic E-state index is 13.5. The van der Waals surface area contributed by atoms with Crippen LogP contribution >= 0.6 is 0 Å². The SMILES string of the molecule is CO[C@@H]1[C@@H](OC2OC(C)C(C)C(N(C)C)C2C)[C@@H](C)C[C@@H](C)C(=O)C[C@H]2NC(=O)O[C@@H](C[C@@H](C)OC(=O)C[C@H]1C)[C@H]2N. The molecule has 3 fully saturated rings. The highest BCUT2D eigenvalue weighted by Gasteiger charge is 2.45. The summed E-state index contributed by atoms with van der Waals surface area (Å²) in [5.41, 5.74) is 6.45. The van der Waals surface area contributed by atoms with Gasteiger partial charge in [-0.05, 0) is 52.1 Å². The van der Waals surface area contributed by atoms with Gasteiger partial charge in [-0.3, -0.25) is 9.59 Å². The van der Waals surface area contributed by atoms with Gasteiger partial charge in [-0.25, -0.2) is 4.79 Å². The molecule has 0 spiro atoms. The van der Waals surface area contributed by atoms with Crippen LogP contribution in [0.25, 0.3) is 0 Å². The summed E-state index contributed by atoms with van der Waals surface area (Å²) in [5.74, 6) is -0.665. The number of methoxy groups -OCH3 is 1. The second kappa shape index (κ2) is 14.8. The van der Waals surface area contributed by atoms with E-state index in [1.165, 1.54) is 0 Å². The topological polar surface area (TPSA) is 139 Å². The standard InChI is InChI=1S/C31H55N3O8/c1-15-11-16(2)29(42-30-20(6)27(34(8)9)19(5)21(7)40-30)28(38-10)17(3)12-25(36)39-18(4)13-24-26(32)22(14-23(15)35)33-31(37)41-24/h15-22,24,26-30H,11-14,32H2,1-10H3,(H,33,37)/t15-,16+,17-,18-,19?,20?,21?,22-,24+,26+,27?,28+,29+,30?/m1/s1. The highest BCUT2D eigenvalue weighted by Crippen LogP contribution is 2.37. The molecule has 1 amide bonds. The minimum Gasteiger partial charge on any atom is -0.462 e. The first-order valence-corrected chi connectivity index (χ1v) is 15.6. The van der Waals surface area contributed by atoms with Gasteiger partial charge in [0.2, 0.25) is 0 Å². The average Bonchev–Trinajstić information content (AvgIpc) is 2.88. The number of hydrogen-bond acceptors (Lipinski definition) is 10. The minimum atomic E-state index is -0.669. The molecule has 3 saturated heterocycles. The van der Waals surface area contributed by atoms with Gasteiger partial charge < -0.3 is 39.6 Å². The lowest BCUT2D eigenvalue weighted by Crippen LogP contribution is -2.61. The Morgan fingerprint density at radius 2 is 1.55 bits per heavy atom. The molecule has 0 aliphatic carbocycles. The molecule has 3 aliphatic rings. The largest absolute Gasteiger partial charge is 0.462 e. The van der Waals surface area contributed by atoms with Gasteiger partial charge in [0.15, 0.2) is 6.29 Å². The number of esters is 1. The van der Waals surface area contributed by atoms with Crippen molar-refractivity contribution >= 4 is 17.8 Å². The van der Waals surface area contributed by atoms with E-state index in [4.69, 9.17) is 29.4 Å². The number of carbonyl (C=O) groups is 3. The van der Waals surface area contributed by atoms with Gasteiger partial charge in [0.05, 0.1) is 36.8 Å². The summed E-state index contributed by atoms with van der Waals surface area (Å²) in [7, 11) is 5.79. The Morgan fingerprint density at radius 3 is 2.17 bits per heavy atom. The third kappa shape index (κ3) is 8.22. The van der Waals surface area contributed by atoms with Gasteiger partial charge in [-0.15, -0.1) is 0 Å². The van der Waals surface area contributed by atoms with Crippen molar-refractivity contribution in [2.45, 2.75) is 129 Å². The first kappa shape index (κ1) is 34.7. The van der Waals surface area contributed by atoms with Gasteiger partial charge >= 0.3 is 12.1 Å². The van der Waals surface area contributed by atoms with E-state index in [9.17, 15) is 14.4 Å². The van der Waals surface area contributed by atoms with E-state index in [1.807, 2.05) is 13.8 Å². The van der Waals surface area contributed by atoms with Crippen LogP contribution in [0.1, 0.15) is 74.1 Å². The van der Waals surface area contributed by atoms with Crippen molar-refractivity contribution in [3.05, 3.63) is 0 Å². The Balaban J connectivity index is 1.92. The Kier molecular flexibility index (Phi) is 12.2. The van der Waals surface area contributed by atoms with Crippen molar-refractivity contribution in [2.24, 2.45) is 35.3 Å². The summed E-state index contributed by atoms with van der Waals surface area (Å²) in [6.45, 7) is 14.1. The molecule has 0 aromatic carbocycles. The zero-order valence-electron chi connectivity index (χ0n) is 27.2. The lowest BCUT2D eigenvalue weighted by Gasteiger charge is -2.48. The van der Waals surface area contributed by atoms with Gasteiger partial charge in [0.25, 0.3) is 0 Å². The maximum Gasteiger partial charge on any atom is 0.407 e. The van der Waals surface area contributed by atoms with Crippen LogP contribution in [0, 0.1) is 29.6 Å². The molecular weight excluding hydrogens is 542 g/mol. The first-order chi connectivity index (χ1) is 19.6. The van der Waals surface area contributed by atoms with E-state index in [0.717, 1.165) is 0 Å². The molecule has 0 aromatic heterocycles. The Hall–Kier alpha value is -1.79. The monoisotopic (exact) mass is 597 g/mol. The predicted octanol–water partition coefficient (Wildman–Crippen LogP) is 3.12. The minimum absolute atomic E-state index is 0.00740. The molecule has 3 rings (SSSR count). The Morgan fingerprint density at radius 1 is 0.881 bits per heavy atom. The van der Waals surface area contributed by atoms with Crippen molar-refractivity contribution in [2.75, 3.05) is 21.2 Å². The normalized spacial score (nSPS) is 44.7. The number of nitrogens with zero attached hydrogens (tertiary/aromatic N) is 1. The molecular formula is C31H55N3O8. The number of fused-ring (bicyclic) bond motifs is 2. The highest BCUT2D eigenvalue weighted by atomic mass is 16.7. The highest BCUT2D eigenvalue weighted by molar-refractivity contribution is 5.82. The molecule has 11 heteroatoms. The number of alkyl carbamates (subject to hydrolysis) is 1. The molecule has 242 valence electrons. The molecule has 0 saturated carbocycles. The molecule has 0 radical (unpaired) electrons. The van der Waals surface area contributed by atoms with Crippen LogP contribution in [-0.2, 0) is 33.3 Å². The van der Waals surface area contributed by atoms with Crippen LogP contribution < -0.4 is 11.1 Å².